The second-order valence-electron chi connectivity index (χ2n) is 4.10. The van der Waals surface area contributed by atoms with E-state index in [1.165, 1.54) is 6.08 Å². The van der Waals surface area contributed by atoms with Crippen LogP contribution >= 0.6 is 0 Å². The monoisotopic (exact) mass is 268 g/mol. The summed E-state index contributed by atoms with van der Waals surface area (Å²) in [6.45, 7) is 3.41. The first-order chi connectivity index (χ1) is 8.97. The van der Waals surface area contributed by atoms with Gasteiger partial charge in [-0.15, -0.1) is 0 Å². The predicted octanol–water partition coefficient (Wildman–Crippen LogP) is 2.91. The Bertz CT molecular complexity index is 492. The molecule has 7 nitrogen and oxygen atoms in total. The van der Waals surface area contributed by atoms with Crippen LogP contribution in [0.3, 0.4) is 0 Å². The summed E-state index contributed by atoms with van der Waals surface area (Å²) in [7, 11) is 0. The maximum absolute atomic E-state index is 10.7. The van der Waals surface area contributed by atoms with E-state index in [1.807, 2.05) is 0 Å². The maximum atomic E-state index is 10.7. The first kappa shape index (κ1) is 14.9. The molecule has 1 atom stereocenters. The average Bonchev–Trinajstić information content (AvgIpc) is 2.79. The summed E-state index contributed by atoms with van der Waals surface area (Å²) in [6.07, 6.45) is 2.23. The minimum atomic E-state index is -0.691. The van der Waals surface area contributed by atoms with Gasteiger partial charge < -0.3 is 4.42 Å². The number of hydrogen-bond donors (Lipinski definition) is 0. The van der Waals surface area contributed by atoms with Crippen molar-refractivity contribution < 1.29 is 14.3 Å². The van der Waals surface area contributed by atoms with E-state index < -0.39 is 11.0 Å². The van der Waals surface area contributed by atoms with Crippen LogP contribution in [0.25, 0.3) is 6.08 Å². The molecule has 0 N–H and O–H groups in total. The quantitative estimate of drug-likeness (QED) is 0.559. The number of hydrogen-bond acceptors (Lipinski definition) is 5. The summed E-state index contributed by atoms with van der Waals surface area (Å²) < 4.78 is 5.36. The Kier molecular flexibility index (Phi) is 5.23. The van der Waals surface area contributed by atoms with Crippen LogP contribution in [-0.2, 0) is 6.42 Å². The molecular formula is C12H16N2O5. The van der Waals surface area contributed by atoms with Crippen molar-refractivity contribution in [3.63, 3.8) is 0 Å². The second-order valence-corrected chi connectivity index (χ2v) is 4.10. The molecule has 0 aliphatic rings. The van der Waals surface area contributed by atoms with Crippen LogP contribution in [0, 0.1) is 20.2 Å². The van der Waals surface area contributed by atoms with Crippen molar-refractivity contribution in [2.45, 2.75) is 39.2 Å². The largest absolute Gasteiger partial charge is 0.461 e. The van der Waals surface area contributed by atoms with Gasteiger partial charge in [0.2, 0.25) is 11.7 Å². The predicted molar refractivity (Wildman–Crippen MR) is 68.7 cm³/mol. The van der Waals surface area contributed by atoms with Crippen molar-refractivity contribution in [2.75, 3.05) is 0 Å². The summed E-state index contributed by atoms with van der Waals surface area (Å²) in [5, 5.41) is 21.4. The first-order valence-corrected chi connectivity index (χ1v) is 6.05. The molecule has 0 saturated heterocycles. The molecule has 0 bridgehead atoms. The van der Waals surface area contributed by atoms with E-state index in [0.717, 1.165) is 0 Å². The molecular weight excluding hydrogens is 252 g/mol. The third-order valence-corrected chi connectivity index (χ3v) is 2.79. The SMILES string of the molecule is CCC(=Cc1ccc(CC(CC)[N+](=O)[O-])o1)[N+](=O)[O-]. The molecule has 104 valence electrons. The zero-order valence-electron chi connectivity index (χ0n) is 10.9. The van der Waals surface area contributed by atoms with Gasteiger partial charge in [0, 0.05) is 17.8 Å². The molecule has 19 heavy (non-hydrogen) atoms. The van der Waals surface area contributed by atoms with Crippen molar-refractivity contribution >= 4 is 6.08 Å². The minimum Gasteiger partial charge on any atom is -0.461 e. The fourth-order valence-electron chi connectivity index (χ4n) is 1.63. The smallest absolute Gasteiger partial charge is 0.249 e. The van der Waals surface area contributed by atoms with Crippen LogP contribution in [-0.4, -0.2) is 15.9 Å². The van der Waals surface area contributed by atoms with Crippen molar-refractivity contribution in [1.82, 2.24) is 0 Å². The van der Waals surface area contributed by atoms with Crippen LogP contribution in [0.4, 0.5) is 0 Å². The highest BCUT2D eigenvalue weighted by atomic mass is 16.6. The van der Waals surface area contributed by atoms with E-state index in [4.69, 9.17) is 4.42 Å². The molecule has 1 unspecified atom stereocenters. The summed E-state index contributed by atoms with van der Waals surface area (Å²) in [6, 6.07) is 2.51. The Morgan fingerprint density at radius 1 is 1.37 bits per heavy atom. The summed E-state index contributed by atoms with van der Waals surface area (Å²) in [5.41, 5.74) is 0.0437. The molecule has 0 aliphatic heterocycles. The van der Waals surface area contributed by atoms with Gasteiger partial charge in [0.25, 0.3) is 0 Å². The number of nitrogens with zero attached hydrogens (tertiary/aromatic N) is 2. The van der Waals surface area contributed by atoms with E-state index in [1.54, 1.807) is 26.0 Å². The highest BCUT2D eigenvalue weighted by Crippen LogP contribution is 2.16. The molecule has 1 rings (SSSR count). The van der Waals surface area contributed by atoms with Crippen LogP contribution in [0.2, 0.25) is 0 Å². The lowest BCUT2D eigenvalue weighted by atomic mass is 10.1. The van der Waals surface area contributed by atoms with Gasteiger partial charge in [0.15, 0.2) is 0 Å². The first-order valence-electron chi connectivity index (χ1n) is 6.05. The minimum absolute atomic E-state index is 0.0437. The van der Waals surface area contributed by atoms with E-state index in [9.17, 15) is 20.2 Å². The van der Waals surface area contributed by atoms with Crippen molar-refractivity contribution in [2.24, 2.45) is 0 Å². The molecule has 1 heterocycles. The molecule has 7 heteroatoms. The molecule has 0 aliphatic carbocycles. The lowest BCUT2D eigenvalue weighted by molar-refractivity contribution is -0.522. The number of furan rings is 1. The van der Waals surface area contributed by atoms with E-state index >= 15 is 0 Å². The van der Waals surface area contributed by atoms with Gasteiger partial charge in [0.05, 0.1) is 17.4 Å². The fourth-order valence-corrected chi connectivity index (χ4v) is 1.63. The molecule has 1 aromatic rings. The molecule has 1 aromatic heterocycles. The van der Waals surface area contributed by atoms with Crippen molar-refractivity contribution in [1.29, 1.82) is 0 Å². The summed E-state index contributed by atoms with van der Waals surface area (Å²) in [4.78, 5) is 20.6. The Balaban J connectivity index is 2.82. The highest BCUT2D eigenvalue weighted by molar-refractivity contribution is 5.45. The molecule has 0 amide bonds. The third-order valence-electron chi connectivity index (χ3n) is 2.79. The van der Waals surface area contributed by atoms with Gasteiger partial charge in [-0.2, -0.15) is 0 Å². The Morgan fingerprint density at radius 2 is 2.05 bits per heavy atom. The van der Waals surface area contributed by atoms with E-state index in [-0.39, 0.29) is 23.5 Å². The van der Waals surface area contributed by atoms with Gasteiger partial charge in [-0.1, -0.05) is 13.8 Å². The normalized spacial score (nSPS) is 13.3. The van der Waals surface area contributed by atoms with Crippen LogP contribution in [0.5, 0.6) is 0 Å². The van der Waals surface area contributed by atoms with Crippen molar-refractivity contribution in [3.8, 4) is 0 Å². The zero-order chi connectivity index (χ0) is 14.4. The topological polar surface area (TPSA) is 99.4 Å². The fraction of sp³-hybridized carbons (Fsp3) is 0.500. The third kappa shape index (κ3) is 4.20. The number of rotatable bonds is 7. The zero-order valence-corrected chi connectivity index (χ0v) is 10.9. The van der Waals surface area contributed by atoms with E-state index in [0.29, 0.717) is 17.9 Å². The second kappa shape index (κ2) is 6.67. The maximum Gasteiger partial charge on any atom is 0.249 e. The number of nitro groups is 2. The summed E-state index contributed by atoms with van der Waals surface area (Å²) >= 11 is 0. The van der Waals surface area contributed by atoms with Gasteiger partial charge in [-0.25, -0.2) is 0 Å². The van der Waals surface area contributed by atoms with Gasteiger partial charge in [-0.3, -0.25) is 20.2 Å². The van der Waals surface area contributed by atoms with Gasteiger partial charge >= 0.3 is 0 Å². The van der Waals surface area contributed by atoms with Crippen LogP contribution in [0.1, 0.15) is 38.2 Å². The Labute approximate surface area is 110 Å². The summed E-state index contributed by atoms with van der Waals surface area (Å²) in [5.74, 6) is 0.815. The van der Waals surface area contributed by atoms with Crippen LogP contribution in [0.15, 0.2) is 22.2 Å². The van der Waals surface area contributed by atoms with Crippen LogP contribution < -0.4 is 0 Å². The van der Waals surface area contributed by atoms with E-state index in [2.05, 4.69) is 0 Å². The molecule has 0 aromatic carbocycles. The van der Waals surface area contributed by atoms with Crippen molar-refractivity contribution in [3.05, 3.63) is 49.6 Å². The standard InChI is InChI=1S/C12H16N2O5/c1-3-9(13(15)16)7-11-5-6-12(19-11)8-10(4-2)14(17)18/h5-7,10H,3-4,8H2,1-2H3. The lowest BCUT2D eigenvalue weighted by Gasteiger charge is -2.03. The number of allylic oxidation sites excluding steroid dienone is 1. The lowest BCUT2D eigenvalue weighted by Crippen LogP contribution is -2.20. The average molecular weight is 268 g/mol. The molecule has 0 fully saturated rings. The van der Waals surface area contributed by atoms with Gasteiger partial charge in [-0.05, 0) is 12.1 Å². The molecule has 0 radical (unpaired) electrons. The molecule has 0 spiro atoms. The Morgan fingerprint density at radius 3 is 2.53 bits per heavy atom. The van der Waals surface area contributed by atoms with Gasteiger partial charge in [0.1, 0.15) is 11.5 Å². The highest BCUT2D eigenvalue weighted by Gasteiger charge is 2.20. The molecule has 0 saturated carbocycles. The Hall–Kier alpha value is -2.18.